The van der Waals surface area contributed by atoms with Crippen LogP contribution >= 0.6 is 0 Å². The van der Waals surface area contributed by atoms with E-state index in [4.69, 9.17) is 0 Å². The molecule has 0 aromatic heterocycles. The van der Waals surface area contributed by atoms with Gasteiger partial charge in [0.15, 0.2) is 0 Å². The van der Waals surface area contributed by atoms with Gasteiger partial charge in [-0.1, -0.05) is 25.0 Å². The van der Waals surface area contributed by atoms with Gasteiger partial charge in [-0.05, 0) is 94.3 Å². The summed E-state index contributed by atoms with van der Waals surface area (Å²) in [6.45, 7) is 7.59. The average Bonchev–Trinajstić information content (AvgIpc) is 2.98. The molecule has 1 aromatic rings. The van der Waals surface area contributed by atoms with Crippen molar-refractivity contribution in [3.63, 3.8) is 0 Å². The number of ether oxygens (including phenoxy) is 1. The molecular weight excluding hydrogens is 451 g/mol. The summed E-state index contributed by atoms with van der Waals surface area (Å²) in [6, 6.07) is 5.62. The van der Waals surface area contributed by atoms with Crippen molar-refractivity contribution in [3.8, 4) is 5.75 Å². The van der Waals surface area contributed by atoms with Crippen LogP contribution < -0.4 is 10.1 Å². The molecule has 1 aliphatic heterocycles. The van der Waals surface area contributed by atoms with Crippen molar-refractivity contribution in [2.75, 3.05) is 25.0 Å². The molecule has 0 spiro atoms. The summed E-state index contributed by atoms with van der Waals surface area (Å²) in [6.07, 6.45) is 4.25. The predicted molar refractivity (Wildman–Crippen MR) is 125 cm³/mol. The fourth-order valence-corrected chi connectivity index (χ4v) is 5.04. The monoisotopic (exact) mass is 486 g/mol. The lowest BCUT2D eigenvalue weighted by Gasteiger charge is -2.33. The van der Waals surface area contributed by atoms with Crippen LogP contribution in [0.25, 0.3) is 0 Å². The third-order valence-electron chi connectivity index (χ3n) is 6.77. The Bertz CT molecular complexity index is 835. The van der Waals surface area contributed by atoms with E-state index in [9.17, 15) is 22.0 Å². The lowest BCUT2D eigenvalue weighted by molar-refractivity contribution is -0.274. The molecule has 8 heteroatoms. The normalized spacial score (nSPS) is 24.4. The van der Waals surface area contributed by atoms with Crippen molar-refractivity contribution in [3.05, 3.63) is 48.2 Å². The predicted octanol–water partition coefficient (Wildman–Crippen LogP) is 7.77. The first-order chi connectivity index (χ1) is 16.0. The minimum Gasteiger partial charge on any atom is -0.406 e. The highest BCUT2D eigenvalue weighted by molar-refractivity contribution is 5.51. The summed E-state index contributed by atoms with van der Waals surface area (Å²) in [5, 5.41) is 3.19. The van der Waals surface area contributed by atoms with E-state index in [-0.39, 0.29) is 18.7 Å². The van der Waals surface area contributed by atoms with Gasteiger partial charge in [-0.2, -0.15) is 0 Å². The van der Waals surface area contributed by atoms with E-state index in [0.29, 0.717) is 23.9 Å². The molecule has 2 atom stereocenters. The van der Waals surface area contributed by atoms with Gasteiger partial charge in [-0.25, -0.2) is 8.78 Å². The molecule has 1 aliphatic carbocycles. The third-order valence-corrected chi connectivity index (χ3v) is 6.77. The van der Waals surface area contributed by atoms with E-state index in [2.05, 4.69) is 16.6 Å². The number of rotatable bonds is 8. The highest BCUT2D eigenvalue weighted by atomic mass is 19.4. The first kappa shape index (κ1) is 26.5. The summed E-state index contributed by atoms with van der Waals surface area (Å²) in [5.74, 6) is -1.86. The molecule has 1 aromatic carbocycles. The molecule has 34 heavy (non-hydrogen) atoms. The van der Waals surface area contributed by atoms with E-state index >= 15 is 0 Å². The molecule has 1 N–H and O–H groups in total. The number of benzene rings is 1. The molecule has 1 saturated carbocycles. The van der Waals surface area contributed by atoms with Gasteiger partial charge >= 0.3 is 6.36 Å². The summed E-state index contributed by atoms with van der Waals surface area (Å²) in [4.78, 5) is 1.92. The van der Waals surface area contributed by atoms with E-state index in [1.54, 1.807) is 0 Å². The number of hydrogen-bond acceptors (Lipinski definition) is 3. The maximum absolute atomic E-state index is 13.6. The maximum atomic E-state index is 13.6. The highest BCUT2D eigenvalue weighted by Crippen LogP contribution is 2.34. The van der Waals surface area contributed by atoms with Crippen LogP contribution in [-0.2, 0) is 0 Å². The minimum atomic E-state index is -4.71. The fourth-order valence-electron chi connectivity index (χ4n) is 5.04. The largest absolute Gasteiger partial charge is 0.573 e. The molecule has 3 nitrogen and oxygen atoms in total. The van der Waals surface area contributed by atoms with Crippen LogP contribution in [0.5, 0.6) is 5.75 Å². The summed E-state index contributed by atoms with van der Waals surface area (Å²) in [7, 11) is 0. The number of nitrogens with one attached hydrogen (secondary N) is 1. The maximum Gasteiger partial charge on any atom is 0.573 e. The molecule has 0 amide bonds. The number of allylic oxidation sites excluding steroid dienone is 3. The van der Waals surface area contributed by atoms with Gasteiger partial charge in [0, 0.05) is 17.8 Å². The smallest absolute Gasteiger partial charge is 0.406 e. The van der Waals surface area contributed by atoms with Crippen LogP contribution in [0.15, 0.2) is 48.2 Å². The first-order valence-electron chi connectivity index (χ1n) is 12.1. The van der Waals surface area contributed by atoms with E-state index in [0.717, 1.165) is 62.9 Å². The van der Waals surface area contributed by atoms with Gasteiger partial charge in [0.1, 0.15) is 5.75 Å². The second kappa shape index (κ2) is 11.6. The third kappa shape index (κ3) is 8.93. The van der Waals surface area contributed by atoms with Crippen molar-refractivity contribution in [2.24, 2.45) is 11.8 Å². The second-order valence-electron chi connectivity index (χ2n) is 9.69. The Morgan fingerprint density at radius 2 is 1.88 bits per heavy atom. The zero-order valence-electron chi connectivity index (χ0n) is 19.8. The molecule has 0 radical (unpaired) electrons. The molecule has 1 saturated heterocycles. The zero-order valence-corrected chi connectivity index (χ0v) is 19.8. The summed E-state index contributed by atoms with van der Waals surface area (Å²) < 4.78 is 68.1. The molecule has 2 aliphatic rings. The Balaban J connectivity index is 1.44. The number of hydrogen-bond donors (Lipinski definition) is 1. The van der Waals surface area contributed by atoms with Crippen molar-refractivity contribution in [1.29, 1.82) is 0 Å². The fraction of sp³-hybridized carbons (Fsp3) is 0.615. The van der Waals surface area contributed by atoms with Gasteiger partial charge in [0.05, 0.1) is 6.54 Å². The van der Waals surface area contributed by atoms with Crippen molar-refractivity contribution in [2.45, 2.75) is 70.6 Å². The van der Waals surface area contributed by atoms with Gasteiger partial charge in [0.25, 0.3) is 5.92 Å². The van der Waals surface area contributed by atoms with E-state index < -0.39 is 12.3 Å². The van der Waals surface area contributed by atoms with Crippen LogP contribution in [0.4, 0.5) is 27.6 Å². The number of halogens is 5. The minimum absolute atomic E-state index is 0.0102. The van der Waals surface area contributed by atoms with Crippen LogP contribution in [0, 0.1) is 11.8 Å². The van der Waals surface area contributed by atoms with Gasteiger partial charge in [0.2, 0.25) is 0 Å². The van der Waals surface area contributed by atoms with Crippen molar-refractivity contribution in [1.82, 2.24) is 4.90 Å². The Labute approximate surface area is 199 Å². The summed E-state index contributed by atoms with van der Waals surface area (Å²) >= 11 is 0. The number of nitrogens with zero attached hydrogens (tertiary/aromatic N) is 1. The zero-order chi connectivity index (χ0) is 24.8. The Hall–Kier alpha value is -2.09. The molecule has 190 valence electrons. The Morgan fingerprint density at radius 3 is 2.56 bits per heavy atom. The lowest BCUT2D eigenvalue weighted by atomic mass is 9.90. The Kier molecular flexibility index (Phi) is 9.01. The molecule has 3 rings (SSSR count). The van der Waals surface area contributed by atoms with E-state index in [1.165, 1.54) is 24.3 Å². The van der Waals surface area contributed by atoms with Gasteiger partial charge in [-0.15, -0.1) is 13.2 Å². The molecule has 0 bridgehead atoms. The van der Waals surface area contributed by atoms with Crippen LogP contribution in [0.3, 0.4) is 0 Å². The number of alkyl halides is 5. The van der Waals surface area contributed by atoms with Crippen molar-refractivity contribution >= 4 is 5.69 Å². The second-order valence-corrected chi connectivity index (χ2v) is 9.69. The van der Waals surface area contributed by atoms with Gasteiger partial charge < -0.3 is 10.1 Å². The highest BCUT2D eigenvalue weighted by Gasteiger charge is 2.35. The number of piperidine rings is 1. The summed E-state index contributed by atoms with van der Waals surface area (Å²) in [5.41, 5.74) is 2.57. The number of likely N-dealkylation sites (tertiary alicyclic amines) is 1. The molecular formula is C26H35F5N2O. The van der Waals surface area contributed by atoms with Crippen molar-refractivity contribution < 1.29 is 26.7 Å². The molecule has 2 unspecified atom stereocenters. The average molecular weight is 487 g/mol. The van der Waals surface area contributed by atoms with Crippen LogP contribution in [-0.4, -0.2) is 36.8 Å². The topological polar surface area (TPSA) is 24.5 Å². The van der Waals surface area contributed by atoms with Crippen LogP contribution in [0.2, 0.25) is 0 Å². The number of anilines is 1. The lowest BCUT2D eigenvalue weighted by Crippen LogP contribution is -2.43. The van der Waals surface area contributed by atoms with Gasteiger partial charge in [-0.3, -0.25) is 4.90 Å². The van der Waals surface area contributed by atoms with Crippen LogP contribution in [0.1, 0.15) is 58.3 Å². The quantitative estimate of drug-likeness (QED) is 0.231. The SMILES string of the molecule is C=C(/C=C(/C)Nc1ccc(OC(F)(F)F)cc1)C1CCCC(CCN2CCCC(F)(F)C2)CC1. The first-order valence-corrected chi connectivity index (χ1v) is 12.1. The Morgan fingerprint density at radius 1 is 1.15 bits per heavy atom. The standard InChI is InChI=1S/C26H35F5N2O/c1-19(17-20(2)32-23-9-11-24(12-10-23)34-26(29,30)31)22-6-3-5-21(7-8-22)13-16-33-15-4-14-25(27,28)18-33/h9-12,17,21-22,32H,1,3-8,13-16,18H2,2H3/b20-17-. The molecule has 1 heterocycles. The molecule has 2 fully saturated rings. The van der Waals surface area contributed by atoms with E-state index in [1.807, 2.05) is 17.9 Å².